The zero-order valence-electron chi connectivity index (χ0n) is 12.6. The third kappa shape index (κ3) is 4.04. The lowest BCUT2D eigenvalue weighted by Crippen LogP contribution is -2.27. The van der Waals surface area contributed by atoms with E-state index in [1.807, 2.05) is 32.9 Å². The van der Waals surface area contributed by atoms with Crippen LogP contribution in [0.25, 0.3) is 0 Å². The minimum atomic E-state index is -0.466. The molecule has 2 rings (SSSR count). The first-order valence-electron chi connectivity index (χ1n) is 7.30. The first-order chi connectivity index (χ1) is 9.47. The number of carbonyl (C=O) groups is 1. The van der Waals surface area contributed by atoms with Gasteiger partial charge in [-0.15, -0.1) is 0 Å². The molecule has 20 heavy (non-hydrogen) atoms. The van der Waals surface area contributed by atoms with Crippen LogP contribution in [-0.4, -0.2) is 24.0 Å². The number of carbonyl (C=O) groups excluding carboxylic acids is 1. The van der Waals surface area contributed by atoms with Gasteiger partial charge in [-0.1, -0.05) is 6.07 Å². The van der Waals surface area contributed by atoms with Crippen molar-refractivity contribution in [2.75, 3.05) is 13.1 Å². The smallest absolute Gasteiger partial charge is 0.311 e. The summed E-state index contributed by atoms with van der Waals surface area (Å²) in [5.74, 6) is 0.334. The lowest BCUT2D eigenvalue weighted by molar-refractivity contribution is -0.154. The van der Waals surface area contributed by atoms with E-state index >= 15 is 0 Å². The van der Waals surface area contributed by atoms with Crippen LogP contribution in [0.2, 0.25) is 0 Å². The Kier molecular flexibility index (Phi) is 4.76. The molecule has 0 radical (unpaired) electrons. The number of esters is 1. The van der Waals surface area contributed by atoms with Gasteiger partial charge in [0.15, 0.2) is 0 Å². The van der Waals surface area contributed by atoms with Gasteiger partial charge in [-0.25, -0.2) is 0 Å². The predicted octanol–water partition coefficient (Wildman–Crippen LogP) is 2.64. The van der Waals surface area contributed by atoms with Gasteiger partial charge in [-0.3, -0.25) is 9.78 Å². The van der Waals surface area contributed by atoms with Crippen LogP contribution in [0.3, 0.4) is 0 Å². The molecule has 2 heterocycles. The monoisotopic (exact) mass is 276 g/mol. The van der Waals surface area contributed by atoms with E-state index in [0.717, 1.165) is 37.3 Å². The summed E-state index contributed by atoms with van der Waals surface area (Å²) in [6, 6.07) is 6.00. The van der Waals surface area contributed by atoms with Crippen molar-refractivity contribution in [1.82, 2.24) is 10.3 Å². The topological polar surface area (TPSA) is 51.2 Å². The standard InChI is InChI=1S/C16H24N2O2/c1-16(2,3)15(19)20-11-13-5-4-6-14(18-13)12-7-9-17-10-8-12/h4-6,12,17H,7-11H2,1-3H3. The van der Waals surface area contributed by atoms with Crippen molar-refractivity contribution in [2.24, 2.45) is 5.41 Å². The van der Waals surface area contributed by atoms with Crippen LogP contribution in [0.5, 0.6) is 0 Å². The van der Waals surface area contributed by atoms with Crippen molar-refractivity contribution in [2.45, 2.75) is 46.1 Å². The molecular weight excluding hydrogens is 252 g/mol. The molecule has 0 aromatic carbocycles. The van der Waals surface area contributed by atoms with Gasteiger partial charge in [-0.05, 0) is 58.8 Å². The average Bonchev–Trinajstić information content (AvgIpc) is 2.45. The number of aromatic nitrogens is 1. The second-order valence-corrected chi connectivity index (χ2v) is 6.40. The summed E-state index contributed by atoms with van der Waals surface area (Å²) in [6.07, 6.45) is 2.25. The van der Waals surface area contributed by atoms with E-state index in [2.05, 4.69) is 16.4 Å². The van der Waals surface area contributed by atoms with E-state index in [4.69, 9.17) is 4.74 Å². The molecule has 1 aromatic rings. The Bertz CT molecular complexity index is 460. The summed E-state index contributed by atoms with van der Waals surface area (Å²) < 4.78 is 5.32. The fourth-order valence-corrected chi connectivity index (χ4v) is 2.28. The quantitative estimate of drug-likeness (QED) is 0.862. The van der Waals surface area contributed by atoms with Gasteiger partial charge >= 0.3 is 5.97 Å². The number of piperidine rings is 1. The fourth-order valence-electron chi connectivity index (χ4n) is 2.28. The van der Waals surface area contributed by atoms with Crippen LogP contribution in [0.4, 0.5) is 0 Å². The maximum absolute atomic E-state index is 11.8. The molecule has 110 valence electrons. The third-order valence-electron chi connectivity index (χ3n) is 3.55. The summed E-state index contributed by atoms with van der Waals surface area (Å²) >= 11 is 0. The van der Waals surface area contributed by atoms with Gasteiger partial charge in [0, 0.05) is 11.6 Å². The van der Waals surface area contributed by atoms with E-state index < -0.39 is 5.41 Å². The van der Waals surface area contributed by atoms with Gasteiger partial charge in [0.1, 0.15) is 6.61 Å². The van der Waals surface area contributed by atoms with E-state index in [9.17, 15) is 4.79 Å². The highest BCUT2D eigenvalue weighted by Crippen LogP contribution is 2.23. The number of hydrogen-bond acceptors (Lipinski definition) is 4. The number of hydrogen-bond donors (Lipinski definition) is 1. The van der Waals surface area contributed by atoms with Gasteiger partial charge in [-0.2, -0.15) is 0 Å². The van der Waals surface area contributed by atoms with Crippen LogP contribution in [-0.2, 0) is 16.1 Å². The Balaban J connectivity index is 1.97. The lowest BCUT2D eigenvalue weighted by atomic mass is 9.94. The van der Waals surface area contributed by atoms with E-state index in [1.54, 1.807) is 0 Å². The third-order valence-corrected chi connectivity index (χ3v) is 3.55. The molecule has 1 aliphatic heterocycles. The fraction of sp³-hybridized carbons (Fsp3) is 0.625. The zero-order chi connectivity index (χ0) is 14.6. The van der Waals surface area contributed by atoms with Gasteiger partial charge in [0.2, 0.25) is 0 Å². The molecule has 4 nitrogen and oxygen atoms in total. The molecule has 0 bridgehead atoms. The number of nitrogens with zero attached hydrogens (tertiary/aromatic N) is 1. The van der Waals surface area contributed by atoms with Gasteiger partial charge in [0.05, 0.1) is 11.1 Å². The molecule has 0 spiro atoms. The Morgan fingerprint density at radius 1 is 1.35 bits per heavy atom. The largest absolute Gasteiger partial charge is 0.459 e. The molecule has 1 saturated heterocycles. The summed E-state index contributed by atoms with van der Waals surface area (Å²) in [5, 5.41) is 3.36. The summed E-state index contributed by atoms with van der Waals surface area (Å²) in [5.41, 5.74) is 1.49. The van der Waals surface area contributed by atoms with Crippen LogP contribution in [0.1, 0.15) is 50.9 Å². The molecule has 0 atom stereocenters. The molecule has 1 fully saturated rings. The minimum Gasteiger partial charge on any atom is -0.459 e. The number of ether oxygens (including phenoxy) is 1. The van der Waals surface area contributed by atoms with Crippen LogP contribution in [0.15, 0.2) is 18.2 Å². The first-order valence-corrected chi connectivity index (χ1v) is 7.30. The predicted molar refractivity (Wildman–Crippen MR) is 78.3 cm³/mol. The van der Waals surface area contributed by atoms with Crippen molar-refractivity contribution < 1.29 is 9.53 Å². The number of nitrogens with one attached hydrogen (secondary N) is 1. The molecule has 1 N–H and O–H groups in total. The van der Waals surface area contributed by atoms with Gasteiger partial charge < -0.3 is 10.1 Å². The van der Waals surface area contributed by atoms with Crippen molar-refractivity contribution in [3.05, 3.63) is 29.6 Å². The summed E-state index contributed by atoms with van der Waals surface area (Å²) in [7, 11) is 0. The Labute approximate surface area is 120 Å². The highest BCUT2D eigenvalue weighted by atomic mass is 16.5. The second kappa shape index (κ2) is 6.35. The lowest BCUT2D eigenvalue weighted by Gasteiger charge is -2.22. The Hall–Kier alpha value is -1.42. The van der Waals surface area contributed by atoms with Crippen molar-refractivity contribution >= 4 is 5.97 Å². The maximum Gasteiger partial charge on any atom is 0.311 e. The zero-order valence-corrected chi connectivity index (χ0v) is 12.6. The summed E-state index contributed by atoms with van der Waals surface area (Å²) in [6.45, 7) is 7.93. The molecule has 0 unspecified atom stereocenters. The van der Waals surface area contributed by atoms with E-state index in [0.29, 0.717) is 5.92 Å². The maximum atomic E-state index is 11.8. The molecule has 4 heteroatoms. The Morgan fingerprint density at radius 2 is 2.05 bits per heavy atom. The molecule has 0 aliphatic carbocycles. The highest BCUT2D eigenvalue weighted by Gasteiger charge is 2.23. The average molecular weight is 276 g/mol. The summed E-state index contributed by atoms with van der Waals surface area (Å²) in [4.78, 5) is 16.4. The van der Waals surface area contributed by atoms with Crippen molar-refractivity contribution in [3.63, 3.8) is 0 Å². The number of pyridine rings is 1. The van der Waals surface area contributed by atoms with Crippen LogP contribution < -0.4 is 5.32 Å². The molecule has 1 aliphatic rings. The van der Waals surface area contributed by atoms with Crippen molar-refractivity contribution in [3.8, 4) is 0 Å². The highest BCUT2D eigenvalue weighted by molar-refractivity contribution is 5.75. The minimum absolute atomic E-state index is 0.188. The van der Waals surface area contributed by atoms with Gasteiger partial charge in [0.25, 0.3) is 0 Å². The normalized spacial score (nSPS) is 16.9. The molecule has 0 amide bonds. The van der Waals surface area contributed by atoms with E-state index in [-0.39, 0.29) is 12.6 Å². The van der Waals surface area contributed by atoms with Crippen LogP contribution in [0, 0.1) is 5.41 Å². The second-order valence-electron chi connectivity index (χ2n) is 6.40. The Morgan fingerprint density at radius 3 is 2.70 bits per heavy atom. The van der Waals surface area contributed by atoms with Crippen LogP contribution >= 0.6 is 0 Å². The van der Waals surface area contributed by atoms with Crippen molar-refractivity contribution in [1.29, 1.82) is 0 Å². The number of rotatable bonds is 3. The first kappa shape index (κ1) is 15.0. The SMILES string of the molecule is CC(C)(C)C(=O)OCc1cccc(C2CCNCC2)n1. The molecule has 0 saturated carbocycles. The van der Waals surface area contributed by atoms with E-state index in [1.165, 1.54) is 0 Å². The molecular formula is C16H24N2O2. The molecule has 1 aromatic heterocycles.